The number of benzene rings is 7. The molecule has 0 unspecified atom stereocenters. The van der Waals surface area contributed by atoms with Crippen LogP contribution >= 0.6 is 11.3 Å². The minimum absolute atomic E-state index is 0.0966. The zero-order valence-electron chi connectivity index (χ0n) is 29.6. The number of nitrogens with zero attached hydrogens (tertiary/aromatic N) is 1. The van der Waals surface area contributed by atoms with Crippen molar-refractivity contribution in [3.05, 3.63) is 176 Å². The van der Waals surface area contributed by atoms with Gasteiger partial charge in [-0.25, -0.2) is 0 Å². The third kappa shape index (κ3) is 4.76. The molecule has 0 saturated carbocycles. The van der Waals surface area contributed by atoms with Crippen molar-refractivity contribution in [1.29, 1.82) is 0 Å². The van der Waals surface area contributed by atoms with Crippen LogP contribution in [0.5, 0.6) is 0 Å². The van der Waals surface area contributed by atoms with E-state index in [1.54, 1.807) is 0 Å². The van der Waals surface area contributed by atoms with E-state index in [1.807, 2.05) is 120 Å². The van der Waals surface area contributed by atoms with Crippen molar-refractivity contribution in [3.8, 4) is 33.4 Å². The maximum atomic E-state index is 9.37. The fraction of sp³-hybridized carbons (Fsp3) is 0. The van der Waals surface area contributed by atoms with Crippen LogP contribution in [0, 0.1) is 0 Å². The van der Waals surface area contributed by atoms with E-state index < -0.39 is 0 Å². The second-order valence-corrected chi connectivity index (χ2v) is 11.5. The standard InChI is InChI=1S/C42H29NS/c1-4-12-30(13-5-1)32-22-26-35(27-23-32)43(36-28-24-33(25-29-36)31-14-6-2-7-15-31)39-20-10-19-38-41-37(34-16-8-3-9-17-34)18-11-21-40(41)44-42(38)39/h1-29H/i10D,11D,18D,19D,20D,21D. The molecule has 0 atom stereocenters. The van der Waals surface area contributed by atoms with Crippen LogP contribution in [-0.2, 0) is 0 Å². The second kappa shape index (κ2) is 11.3. The summed E-state index contributed by atoms with van der Waals surface area (Å²) in [7, 11) is 0. The van der Waals surface area contributed by atoms with Gasteiger partial charge in [-0.3, -0.25) is 0 Å². The highest BCUT2D eigenvalue weighted by molar-refractivity contribution is 7.26. The molecule has 0 aliphatic heterocycles. The zero-order chi connectivity index (χ0) is 34.5. The van der Waals surface area contributed by atoms with Gasteiger partial charge in [-0.15, -0.1) is 11.3 Å². The first-order valence-electron chi connectivity index (χ1n) is 17.5. The number of hydrogen-bond donors (Lipinski definition) is 0. The lowest BCUT2D eigenvalue weighted by Crippen LogP contribution is -2.10. The average molecular weight is 586 g/mol. The Kier molecular flexibility index (Phi) is 5.27. The van der Waals surface area contributed by atoms with Crippen LogP contribution in [0.4, 0.5) is 17.1 Å². The Morgan fingerprint density at radius 3 is 1.48 bits per heavy atom. The Morgan fingerprint density at radius 1 is 0.455 bits per heavy atom. The van der Waals surface area contributed by atoms with Gasteiger partial charge in [0.05, 0.1) is 18.6 Å². The van der Waals surface area contributed by atoms with Crippen LogP contribution in [0.3, 0.4) is 0 Å². The largest absolute Gasteiger partial charge is 0.309 e. The third-order valence-corrected chi connectivity index (χ3v) is 8.97. The monoisotopic (exact) mass is 585 g/mol. The first-order chi connectivity index (χ1) is 24.3. The summed E-state index contributed by atoms with van der Waals surface area (Å²) in [6.45, 7) is 0. The SMILES string of the molecule is [2H]c1c([2H])c(-c2ccccc2)c2c(sc3c(N(c4ccc(-c5ccccc5)cc4)c4ccc(-c5ccccc5)cc4)c([2H])c([2H])c([2H])c32)c1[2H]. The lowest BCUT2D eigenvalue weighted by molar-refractivity contribution is 1.30. The highest BCUT2D eigenvalue weighted by Crippen LogP contribution is 2.47. The molecule has 0 saturated heterocycles. The average Bonchev–Trinajstić information content (AvgIpc) is 3.56. The van der Waals surface area contributed by atoms with Crippen molar-refractivity contribution in [2.45, 2.75) is 0 Å². The predicted molar refractivity (Wildman–Crippen MR) is 190 cm³/mol. The third-order valence-electron chi connectivity index (χ3n) is 7.86. The predicted octanol–water partition coefficient (Wildman–Crippen LogP) is 12.5. The summed E-state index contributed by atoms with van der Waals surface area (Å²) < 4.78 is 55.3. The van der Waals surface area contributed by atoms with Gasteiger partial charge in [0.2, 0.25) is 0 Å². The number of rotatable bonds is 6. The molecule has 0 fully saturated rings. The van der Waals surface area contributed by atoms with Crippen LogP contribution in [-0.4, -0.2) is 0 Å². The summed E-state index contributed by atoms with van der Waals surface area (Å²) >= 11 is 1.25. The molecule has 2 heteroatoms. The smallest absolute Gasteiger partial charge is 0.0645 e. The van der Waals surface area contributed by atoms with Crippen molar-refractivity contribution >= 4 is 48.6 Å². The fourth-order valence-corrected chi connectivity index (χ4v) is 6.83. The minimum atomic E-state index is -0.244. The molecule has 0 aliphatic carbocycles. The first kappa shape index (κ1) is 20.5. The van der Waals surface area contributed by atoms with E-state index in [2.05, 4.69) is 24.3 Å². The normalized spacial score (nSPS) is 13.1. The topological polar surface area (TPSA) is 3.24 Å². The van der Waals surface area contributed by atoms with Crippen LogP contribution in [0.1, 0.15) is 8.22 Å². The van der Waals surface area contributed by atoms with E-state index in [9.17, 15) is 2.74 Å². The number of hydrogen-bond acceptors (Lipinski definition) is 2. The van der Waals surface area contributed by atoms with Gasteiger partial charge in [0, 0.05) is 26.8 Å². The molecule has 0 bridgehead atoms. The van der Waals surface area contributed by atoms with Gasteiger partial charge >= 0.3 is 0 Å². The Balaban J connectivity index is 1.43. The molecule has 8 aromatic rings. The number of fused-ring (bicyclic) bond motifs is 3. The Labute approximate surface area is 270 Å². The molecular formula is C42H29NS. The summed E-state index contributed by atoms with van der Waals surface area (Å²) in [4.78, 5) is 1.95. The molecule has 0 spiro atoms. The molecule has 1 heterocycles. The molecule has 0 amide bonds. The summed E-state index contributed by atoms with van der Waals surface area (Å²) in [5.41, 5.74) is 7.31. The molecule has 0 aliphatic rings. The maximum Gasteiger partial charge on any atom is 0.0645 e. The highest BCUT2D eigenvalue weighted by Gasteiger charge is 2.19. The van der Waals surface area contributed by atoms with Gasteiger partial charge in [-0.1, -0.05) is 139 Å². The van der Waals surface area contributed by atoms with Gasteiger partial charge in [0.1, 0.15) is 0 Å². The Hall–Kier alpha value is -5.44. The van der Waals surface area contributed by atoms with Crippen molar-refractivity contribution in [1.82, 2.24) is 0 Å². The van der Waals surface area contributed by atoms with Crippen LogP contribution < -0.4 is 4.90 Å². The van der Waals surface area contributed by atoms with Crippen molar-refractivity contribution in [2.75, 3.05) is 4.90 Å². The highest BCUT2D eigenvalue weighted by atomic mass is 32.1. The van der Waals surface area contributed by atoms with Crippen LogP contribution in [0.25, 0.3) is 53.6 Å². The summed E-state index contributed by atoms with van der Waals surface area (Å²) in [6, 6.07) is 44.8. The number of anilines is 3. The molecule has 44 heavy (non-hydrogen) atoms. The van der Waals surface area contributed by atoms with Crippen LogP contribution in [0.2, 0.25) is 0 Å². The summed E-state index contributed by atoms with van der Waals surface area (Å²) in [6.07, 6.45) is 0. The van der Waals surface area contributed by atoms with E-state index in [-0.39, 0.29) is 36.3 Å². The summed E-state index contributed by atoms with van der Waals surface area (Å²) in [5.74, 6) is 0. The van der Waals surface area contributed by atoms with Crippen LogP contribution in [0.15, 0.2) is 176 Å². The maximum absolute atomic E-state index is 9.37. The zero-order valence-corrected chi connectivity index (χ0v) is 24.5. The molecule has 0 N–H and O–H groups in total. The van der Waals surface area contributed by atoms with E-state index in [0.717, 1.165) is 33.6 Å². The Morgan fingerprint density at radius 2 is 0.932 bits per heavy atom. The molecule has 0 radical (unpaired) electrons. The molecule has 1 nitrogen and oxygen atoms in total. The van der Waals surface area contributed by atoms with Crippen molar-refractivity contribution in [2.24, 2.45) is 0 Å². The number of thiophene rings is 1. The lowest BCUT2D eigenvalue weighted by Gasteiger charge is -2.26. The first-order valence-corrected chi connectivity index (χ1v) is 15.3. The Bertz CT molecular complexity index is 2430. The fourth-order valence-electron chi connectivity index (χ4n) is 5.72. The molecule has 7 aromatic carbocycles. The minimum Gasteiger partial charge on any atom is -0.309 e. The van der Waals surface area contributed by atoms with Crippen molar-refractivity contribution in [3.63, 3.8) is 0 Å². The molecule has 208 valence electrons. The molecule has 8 rings (SSSR count). The molecule has 1 aromatic heterocycles. The van der Waals surface area contributed by atoms with Gasteiger partial charge < -0.3 is 4.90 Å². The second-order valence-electron chi connectivity index (χ2n) is 10.5. The van der Waals surface area contributed by atoms with E-state index in [0.29, 0.717) is 37.0 Å². The lowest BCUT2D eigenvalue weighted by atomic mass is 9.99. The van der Waals surface area contributed by atoms with E-state index in [4.69, 9.17) is 5.48 Å². The van der Waals surface area contributed by atoms with Gasteiger partial charge in [0.15, 0.2) is 0 Å². The quantitative estimate of drug-likeness (QED) is 0.188. The molecular weight excluding hydrogens is 551 g/mol. The van der Waals surface area contributed by atoms with Gasteiger partial charge in [-0.2, -0.15) is 0 Å². The van der Waals surface area contributed by atoms with E-state index >= 15 is 0 Å². The van der Waals surface area contributed by atoms with Gasteiger partial charge in [0.25, 0.3) is 0 Å². The summed E-state index contributed by atoms with van der Waals surface area (Å²) in [5, 5.41) is 0.911. The van der Waals surface area contributed by atoms with E-state index in [1.165, 1.54) is 11.3 Å². The van der Waals surface area contributed by atoms with Gasteiger partial charge in [-0.05, 0) is 69.7 Å². The van der Waals surface area contributed by atoms with Crippen molar-refractivity contribution < 1.29 is 8.22 Å².